The fourth-order valence-corrected chi connectivity index (χ4v) is 1.62. The molecule has 0 spiro atoms. The van der Waals surface area contributed by atoms with Crippen LogP contribution in [0.3, 0.4) is 0 Å². The molecule has 2 N–H and O–H groups in total. The number of carbonyl (C=O) groups is 1. The Labute approximate surface area is 86.6 Å². The summed E-state index contributed by atoms with van der Waals surface area (Å²) in [5.41, 5.74) is -0.256. The van der Waals surface area contributed by atoms with Crippen LogP contribution in [0.25, 0.3) is 0 Å². The monoisotopic (exact) mass is 198 g/mol. The van der Waals surface area contributed by atoms with Crippen LogP contribution >= 0.6 is 0 Å². The summed E-state index contributed by atoms with van der Waals surface area (Å²) in [4.78, 5) is 11.5. The van der Waals surface area contributed by atoms with Gasteiger partial charge in [-0.25, -0.2) is 0 Å². The van der Waals surface area contributed by atoms with Gasteiger partial charge in [0.25, 0.3) is 0 Å². The lowest BCUT2D eigenvalue weighted by Gasteiger charge is -2.18. The molecule has 0 radical (unpaired) electrons. The van der Waals surface area contributed by atoms with Gasteiger partial charge < -0.3 is 10.6 Å². The second kappa shape index (κ2) is 4.78. The predicted octanol–water partition coefficient (Wildman–Crippen LogP) is 1.15. The van der Waals surface area contributed by atoms with Gasteiger partial charge in [-0.2, -0.15) is 0 Å². The van der Waals surface area contributed by atoms with Crippen molar-refractivity contribution in [1.82, 2.24) is 10.6 Å². The van der Waals surface area contributed by atoms with Gasteiger partial charge in [-0.3, -0.25) is 4.79 Å². The first-order valence-corrected chi connectivity index (χ1v) is 5.49. The lowest BCUT2D eigenvalue weighted by molar-refractivity contribution is -0.128. The zero-order valence-electron chi connectivity index (χ0n) is 9.52. The summed E-state index contributed by atoms with van der Waals surface area (Å²) in [6, 6.07) is 0. The molecule has 1 amide bonds. The van der Waals surface area contributed by atoms with Gasteiger partial charge in [-0.1, -0.05) is 20.8 Å². The summed E-state index contributed by atoms with van der Waals surface area (Å²) in [5, 5.41) is 6.31. The number of carbonyl (C=O) groups excluding carboxylic acids is 1. The van der Waals surface area contributed by atoms with E-state index < -0.39 is 0 Å². The van der Waals surface area contributed by atoms with Crippen LogP contribution in [0.15, 0.2) is 0 Å². The number of nitrogens with one attached hydrogen (secondary N) is 2. The quantitative estimate of drug-likeness (QED) is 0.714. The SMILES string of the molecule is CC(C)(C)C(=O)NCCC1CCNC1. The topological polar surface area (TPSA) is 41.1 Å². The molecule has 1 saturated heterocycles. The van der Waals surface area contributed by atoms with E-state index in [2.05, 4.69) is 10.6 Å². The largest absolute Gasteiger partial charge is 0.356 e. The number of rotatable bonds is 3. The molecule has 0 bridgehead atoms. The van der Waals surface area contributed by atoms with Gasteiger partial charge in [0.15, 0.2) is 0 Å². The molecule has 1 unspecified atom stereocenters. The molecule has 3 heteroatoms. The third-order valence-corrected chi connectivity index (χ3v) is 2.68. The maximum atomic E-state index is 11.5. The Morgan fingerprint density at radius 3 is 2.71 bits per heavy atom. The average Bonchev–Trinajstić information content (AvgIpc) is 2.55. The van der Waals surface area contributed by atoms with Crippen LogP contribution in [-0.4, -0.2) is 25.5 Å². The van der Waals surface area contributed by atoms with Crippen LogP contribution < -0.4 is 10.6 Å². The van der Waals surface area contributed by atoms with Crippen molar-refractivity contribution in [2.24, 2.45) is 11.3 Å². The summed E-state index contributed by atoms with van der Waals surface area (Å²) in [6.45, 7) is 8.91. The van der Waals surface area contributed by atoms with E-state index in [1.807, 2.05) is 20.8 Å². The second-order valence-corrected chi connectivity index (χ2v) is 5.15. The van der Waals surface area contributed by atoms with Crippen molar-refractivity contribution >= 4 is 5.91 Å². The molecule has 1 rings (SSSR count). The normalized spacial score (nSPS) is 22.4. The molecule has 1 aliphatic heterocycles. The minimum absolute atomic E-state index is 0.156. The highest BCUT2D eigenvalue weighted by atomic mass is 16.2. The summed E-state index contributed by atoms with van der Waals surface area (Å²) in [5.74, 6) is 0.915. The van der Waals surface area contributed by atoms with Crippen molar-refractivity contribution in [2.75, 3.05) is 19.6 Å². The molecular weight excluding hydrogens is 176 g/mol. The van der Waals surface area contributed by atoms with E-state index in [1.165, 1.54) is 6.42 Å². The molecule has 0 aromatic rings. The van der Waals surface area contributed by atoms with Crippen LogP contribution in [0.5, 0.6) is 0 Å². The minimum atomic E-state index is -0.256. The molecule has 82 valence electrons. The van der Waals surface area contributed by atoms with E-state index in [4.69, 9.17) is 0 Å². The molecule has 3 nitrogen and oxygen atoms in total. The second-order valence-electron chi connectivity index (χ2n) is 5.15. The molecule has 1 aliphatic rings. The highest BCUT2D eigenvalue weighted by Gasteiger charge is 2.21. The van der Waals surface area contributed by atoms with Crippen LogP contribution in [0.4, 0.5) is 0 Å². The standard InChI is InChI=1S/C11H22N2O/c1-11(2,3)10(14)13-7-5-9-4-6-12-8-9/h9,12H,4-8H2,1-3H3,(H,13,14). The van der Waals surface area contributed by atoms with Crippen molar-refractivity contribution in [3.8, 4) is 0 Å². The van der Waals surface area contributed by atoms with Gasteiger partial charge >= 0.3 is 0 Å². The Balaban J connectivity index is 2.11. The van der Waals surface area contributed by atoms with Crippen LogP contribution in [0.2, 0.25) is 0 Å². The maximum absolute atomic E-state index is 11.5. The number of hydrogen-bond acceptors (Lipinski definition) is 2. The summed E-state index contributed by atoms with van der Waals surface area (Å²) in [7, 11) is 0. The highest BCUT2D eigenvalue weighted by molar-refractivity contribution is 5.81. The van der Waals surface area contributed by atoms with Crippen molar-refractivity contribution in [1.29, 1.82) is 0 Å². The molecule has 0 aromatic carbocycles. The van der Waals surface area contributed by atoms with E-state index in [0.717, 1.165) is 32.0 Å². The Hall–Kier alpha value is -0.570. The van der Waals surface area contributed by atoms with E-state index in [0.29, 0.717) is 0 Å². The molecule has 1 fully saturated rings. The molecule has 0 aromatic heterocycles. The van der Waals surface area contributed by atoms with E-state index in [9.17, 15) is 4.79 Å². The minimum Gasteiger partial charge on any atom is -0.356 e. The third kappa shape index (κ3) is 3.66. The first-order chi connectivity index (χ1) is 6.50. The van der Waals surface area contributed by atoms with Crippen LogP contribution in [0.1, 0.15) is 33.6 Å². The first-order valence-electron chi connectivity index (χ1n) is 5.49. The molecule has 14 heavy (non-hydrogen) atoms. The Kier molecular flexibility index (Phi) is 3.93. The molecule has 1 heterocycles. The van der Waals surface area contributed by atoms with Crippen molar-refractivity contribution in [2.45, 2.75) is 33.6 Å². The van der Waals surface area contributed by atoms with Gasteiger partial charge in [0.2, 0.25) is 5.91 Å². The van der Waals surface area contributed by atoms with Crippen LogP contribution in [-0.2, 0) is 4.79 Å². The van der Waals surface area contributed by atoms with Gasteiger partial charge in [-0.15, -0.1) is 0 Å². The summed E-state index contributed by atoms with van der Waals surface area (Å²) in [6.07, 6.45) is 2.36. The van der Waals surface area contributed by atoms with Crippen molar-refractivity contribution in [3.05, 3.63) is 0 Å². The van der Waals surface area contributed by atoms with Gasteiger partial charge in [0.05, 0.1) is 0 Å². The first kappa shape index (κ1) is 11.5. The van der Waals surface area contributed by atoms with Gasteiger partial charge in [0, 0.05) is 12.0 Å². The summed E-state index contributed by atoms with van der Waals surface area (Å²) < 4.78 is 0. The maximum Gasteiger partial charge on any atom is 0.225 e. The fourth-order valence-electron chi connectivity index (χ4n) is 1.62. The lowest BCUT2D eigenvalue weighted by atomic mass is 9.95. The van der Waals surface area contributed by atoms with Crippen LogP contribution in [0, 0.1) is 11.3 Å². The number of hydrogen-bond donors (Lipinski definition) is 2. The molecule has 1 atom stereocenters. The molecular formula is C11H22N2O. The Bertz CT molecular complexity index is 190. The van der Waals surface area contributed by atoms with Crippen molar-refractivity contribution in [3.63, 3.8) is 0 Å². The lowest BCUT2D eigenvalue weighted by Crippen LogP contribution is -2.36. The van der Waals surface area contributed by atoms with Crippen molar-refractivity contribution < 1.29 is 4.79 Å². The average molecular weight is 198 g/mol. The zero-order chi connectivity index (χ0) is 10.6. The molecule has 0 aliphatic carbocycles. The smallest absolute Gasteiger partial charge is 0.225 e. The van der Waals surface area contributed by atoms with E-state index in [-0.39, 0.29) is 11.3 Å². The predicted molar refractivity (Wildman–Crippen MR) is 58.1 cm³/mol. The highest BCUT2D eigenvalue weighted by Crippen LogP contribution is 2.14. The van der Waals surface area contributed by atoms with E-state index in [1.54, 1.807) is 0 Å². The summed E-state index contributed by atoms with van der Waals surface area (Å²) >= 11 is 0. The fraction of sp³-hybridized carbons (Fsp3) is 0.909. The van der Waals surface area contributed by atoms with E-state index >= 15 is 0 Å². The molecule has 0 saturated carbocycles. The zero-order valence-corrected chi connectivity index (χ0v) is 9.52. The van der Waals surface area contributed by atoms with Gasteiger partial charge in [-0.05, 0) is 31.8 Å². The third-order valence-electron chi connectivity index (χ3n) is 2.68. The number of amides is 1. The Morgan fingerprint density at radius 2 is 2.21 bits per heavy atom. The Morgan fingerprint density at radius 1 is 1.50 bits per heavy atom. The van der Waals surface area contributed by atoms with Gasteiger partial charge in [0.1, 0.15) is 0 Å².